The van der Waals surface area contributed by atoms with Crippen LogP contribution in [0, 0.1) is 17.0 Å². The third-order valence-electron chi connectivity index (χ3n) is 4.65. The van der Waals surface area contributed by atoms with Gasteiger partial charge in [0.15, 0.2) is 0 Å². The SMILES string of the molecule is Cc1ccc(C(=O)OC2CCN(Cc3ccc([N+](=O)[O-])cc3)CC2)cc1. The molecular weight excluding hydrogens is 332 g/mol. The zero-order chi connectivity index (χ0) is 18.5. The number of piperidine rings is 1. The van der Waals surface area contributed by atoms with Crippen molar-refractivity contribution in [3.63, 3.8) is 0 Å². The van der Waals surface area contributed by atoms with Crippen LogP contribution in [0.1, 0.15) is 34.3 Å². The van der Waals surface area contributed by atoms with Crippen molar-refractivity contribution >= 4 is 11.7 Å². The molecule has 0 radical (unpaired) electrons. The van der Waals surface area contributed by atoms with Crippen LogP contribution in [-0.2, 0) is 11.3 Å². The van der Waals surface area contributed by atoms with Crippen LogP contribution in [0.25, 0.3) is 0 Å². The maximum Gasteiger partial charge on any atom is 0.338 e. The number of nitrogens with zero attached hydrogens (tertiary/aromatic N) is 2. The van der Waals surface area contributed by atoms with E-state index in [1.807, 2.05) is 19.1 Å². The Bertz CT molecular complexity index is 763. The maximum atomic E-state index is 12.2. The first-order chi connectivity index (χ1) is 12.5. The summed E-state index contributed by atoms with van der Waals surface area (Å²) in [5.74, 6) is -0.265. The third-order valence-corrected chi connectivity index (χ3v) is 4.65. The zero-order valence-corrected chi connectivity index (χ0v) is 14.8. The highest BCUT2D eigenvalue weighted by molar-refractivity contribution is 5.89. The topological polar surface area (TPSA) is 72.7 Å². The molecule has 1 saturated heterocycles. The van der Waals surface area contributed by atoms with Crippen molar-refractivity contribution in [1.82, 2.24) is 4.90 Å². The van der Waals surface area contributed by atoms with Crippen LogP contribution < -0.4 is 0 Å². The summed E-state index contributed by atoms with van der Waals surface area (Å²) < 4.78 is 5.62. The van der Waals surface area contributed by atoms with Gasteiger partial charge in [-0.25, -0.2) is 4.79 Å². The van der Waals surface area contributed by atoms with E-state index in [9.17, 15) is 14.9 Å². The first-order valence-corrected chi connectivity index (χ1v) is 8.74. The maximum absolute atomic E-state index is 12.2. The molecule has 0 saturated carbocycles. The fourth-order valence-corrected chi connectivity index (χ4v) is 3.08. The van der Waals surface area contributed by atoms with E-state index in [-0.39, 0.29) is 17.8 Å². The second kappa shape index (κ2) is 8.10. The molecule has 0 amide bonds. The monoisotopic (exact) mass is 354 g/mol. The highest BCUT2D eigenvalue weighted by Crippen LogP contribution is 2.19. The van der Waals surface area contributed by atoms with Gasteiger partial charge in [-0.1, -0.05) is 29.8 Å². The Balaban J connectivity index is 1.47. The lowest BCUT2D eigenvalue weighted by atomic mass is 10.1. The number of ether oxygens (including phenoxy) is 1. The van der Waals surface area contributed by atoms with Gasteiger partial charge in [0.25, 0.3) is 5.69 Å². The Morgan fingerprint density at radius 3 is 2.31 bits per heavy atom. The van der Waals surface area contributed by atoms with Gasteiger partial charge in [0, 0.05) is 31.8 Å². The van der Waals surface area contributed by atoms with E-state index in [0.29, 0.717) is 5.56 Å². The van der Waals surface area contributed by atoms with Gasteiger partial charge in [0.1, 0.15) is 6.10 Å². The van der Waals surface area contributed by atoms with Crippen LogP contribution in [0.4, 0.5) is 5.69 Å². The molecule has 0 bridgehead atoms. The van der Waals surface area contributed by atoms with E-state index in [4.69, 9.17) is 4.74 Å². The van der Waals surface area contributed by atoms with Gasteiger partial charge in [0.05, 0.1) is 10.5 Å². The first kappa shape index (κ1) is 18.1. The lowest BCUT2D eigenvalue weighted by Crippen LogP contribution is -2.37. The molecule has 1 aliphatic rings. The summed E-state index contributed by atoms with van der Waals surface area (Å²) >= 11 is 0. The summed E-state index contributed by atoms with van der Waals surface area (Å²) in [5, 5.41) is 10.7. The van der Waals surface area contributed by atoms with Crippen LogP contribution >= 0.6 is 0 Å². The van der Waals surface area contributed by atoms with Gasteiger partial charge < -0.3 is 4.74 Å². The summed E-state index contributed by atoms with van der Waals surface area (Å²) in [6.07, 6.45) is 1.53. The molecule has 26 heavy (non-hydrogen) atoms. The highest BCUT2D eigenvalue weighted by Gasteiger charge is 2.23. The largest absolute Gasteiger partial charge is 0.459 e. The van der Waals surface area contributed by atoms with E-state index in [1.54, 1.807) is 24.3 Å². The van der Waals surface area contributed by atoms with Gasteiger partial charge in [-0.3, -0.25) is 15.0 Å². The van der Waals surface area contributed by atoms with Crippen LogP contribution in [0.3, 0.4) is 0 Å². The van der Waals surface area contributed by atoms with Crippen molar-refractivity contribution in [2.24, 2.45) is 0 Å². The molecule has 136 valence electrons. The summed E-state index contributed by atoms with van der Waals surface area (Å²) in [4.78, 5) is 24.8. The molecule has 1 aliphatic heterocycles. The number of non-ortho nitro benzene ring substituents is 1. The number of hydrogen-bond donors (Lipinski definition) is 0. The van der Waals surface area contributed by atoms with Gasteiger partial charge in [-0.15, -0.1) is 0 Å². The van der Waals surface area contributed by atoms with Gasteiger partial charge in [-0.2, -0.15) is 0 Å². The van der Waals surface area contributed by atoms with Crippen molar-refractivity contribution in [3.05, 3.63) is 75.3 Å². The minimum absolute atomic E-state index is 0.0584. The number of hydrogen-bond acceptors (Lipinski definition) is 5. The van der Waals surface area contributed by atoms with Crippen molar-refractivity contribution in [2.45, 2.75) is 32.4 Å². The van der Waals surface area contributed by atoms with Crippen LogP contribution in [0.5, 0.6) is 0 Å². The molecule has 0 aliphatic carbocycles. The molecule has 0 atom stereocenters. The van der Waals surface area contributed by atoms with Crippen molar-refractivity contribution in [1.29, 1.82) is 0 Å². The average Bonchev–Trinajstić information content (AvgIpc) is 2.64. The van der Waals surface area contributed by atoms with E-state index in [0.717, 1.165) is 43.6 Å². The Morgan fingerprint density at radius 1 is 1.12 bits per heavy atom. The van der Waals surface area contributed by atoms with E-state index >= 15 is 0 Å². The highest BCUT2D eigenvalue weighted by atomic mass is 16.6. The molecule has 0 N–H and O–H groups in total. The lowest BCUT2D eigenvalue weighted by molar-refractivity contribution is -0.384. The molecule has 1 heterocycles. The number of likely N-dealkylation sites (tertiary alicyclic amines) is 1. The summed E-state index contributed by atoms with van der Waals surface area (Å²) in [5.41, 5.74) is 2.85. The predicted molar refractivity (Wildman–Crippen MR) is 98.0 cm³/mol. The molecule has 2 aromatic rings. The Kier molecular flexibility index (Phi) is 5.63. The van der Waals surface area contributed by atoms with Gasteiger partial charge in [0.2, 0.25) is 0 Å². The summed E-state index contributed by atoms with van der Waals surface area (Å²) in [6.45, 7) is 4.40. The quantitative estimate of drug-likeness (QED) is 0.465. The van der Waals surface area contributed by atoms with Crippen molar-refractivity contribution in [3.8, 4) is 0 Å². The zero-order valence-electron chi connectivity index (χ0n) is 14.8. The Labute approximate surface area is 152 Å². The first-order valence-electron chi connectivity index (χ1n) is 8.74. The second-order valence-corrected chi connectivity index (χ2v) is 6.67. The molecule has 6 heteroatoms. The minimum Gasteiger partial charge on any atom is -0.459 e. The summed E-state index contributed by atoms with van der Waals surface area (Å²) in [6, 6.07) is 14.1. The normalized spacial score (nSPS) is 15.6. The minimum atomic E-state index is -0.391. The van der Waals surface area contributed by atoms with E-state index in [2.05, 4.69) is 4.90 Å². The molecule has 3 rings (SSSR count). The number of nitro benzene ring substituents is 1. The molecule has 0 unspecified atom stereocenters. The Morgan fingerprint density at radius 2 is 1.73 bits per heavy atom. The van der Waals surface area contributed by atoms with E-state index < -0.39 is 4.92 Å². The number of nitro groups is 1. The number of carbonyl (C=O) groups excluding carboxylic acids is 1. The van der Waals surface area contributed by atoms with E-state index in [1.165, 1.54) is 12.1 Å². The molecular formula is C20H22N2O4. The van der Waals surface area contributed by atoms with Crippen LogP contribution in [-0.4, -0.2) is 35.0 Å². The molecule has 1 fully saturated rings. The van der Waals surface area contributed by atoms with Crippen molar-refractivity contribution < 1.29 is 14.5 Å². The van der Waals surface area contributed by atoms with Gasteiger partial charge >= 0.3 is 5.97 Å². The second-order valence-electron chi connectivity index (χ2n) is 6.67. The number of carbonyl (C=O) groups is 1. The van der Waals surface area contributed by atoms with Crippen LogP contribution in [0.2, 0.25) is 0 Å². The summed E-state index contributed by atoms with van der Waals surface area (Å²) in [7, 11) is 0. The third kappa shape index (κ3) is 4.67. The fourth-order valence-electron chi connectivity index (χ4n) is 3.08. The predicted octanol–water partition coefficient (Wildman–Crippen LogP) is 3.72. The van der Waals surface area contributed by atoms with Crippen LogP contribution in [0.15, 0.2) is 48.5 Å². The average molecular weight is 354 g/mol. The smallest absolute Gasteiger partial charge is 0.338 e. The van der Waals surface area contributed by atoms with Gasteiger partial charge in [-0.05, 0) is 37.5 Å². The number of aryl methyl sites for hydroxylation is 1. The number of benzene rings is 2. The number of esters is 1. The molecule has 0 spiro atoms. The fraction of sp³-hybridized carbons (Fsp3) is 0.350. The Hall–Kier alpha value is -2.73. The standard InChI is InChI=1S/C20H22N2O4/c1-15-2-6-17(7-3-15)20(23)26-19-10-12-21(13-11-19)14-16-4-8-18(9-5-16)22(24)25/h2-9,19H,10-14H2,1H3. The lowest BCUT2D eigenvalue weighted by Gasteiger charge is -2.31. The van der Waals surface area contributed by atoms with Crippen molar-refractivity contribution in [2.75, 3.05) is 13.1 Å². The molecule has 2 aromatic carbocycles. The molecule has 0 aromatic heterocycles. The number of rotatable bonds is 5. The molecule has 6 nitrogen and oxygen atoms in total.